The number of hydrogen-bond donors (Lipinski definition) is 3. The number of imidazole rings is 2. The predicted octanol–water partition coefficient (Wildman–Crippen LogP) is 7.37. The van der Waals surface area contributed by atoms with E-state index in [0.29, 0.717) is 40.7 Å². The van der Waals surface area contributed by atoms with Crippen molar-refractivity contribution in [3.05, 3.63) is 128 Å². The first-order chi connectivity index (χ1) is 29.7. The average molecular weight is 868 g/mol. The minimum Gasteiger partial charge on any atom is -0.381 e. The lowest BCUT2D eigenvalue weighted by Gasteiger charge is -2.24. The summed E-state index contributed by atoms with van der Waals surface area (Å²) in [5.74, 6) is 5.25. The predicted molar refractivity (Wildman–Crippen MR) is 243 cm³/mol. The fourth-order valence-corrected chi connectivity index (χ4v) is 9.33. The molecule has 62 heavy (non-hydrogen) atoms. The van der Waals surface area contributed by atoms with Gasteiger partial charge < -0.3 is 24.8 Å². The molecular formula is C47H63ClN10O4. The first-order valence-corrected chi connectivity index (χ1v) is 22.4. The molecular weight excluding hydrogens is 804 g/mol. The minimum absolute atomic E-state index is 0. The smallest absolute Gasteiger partial charge is 0.276 e. The van der Waals surface area contributed by atoms with Crippen LogP contribution in [-0.2, 0) is 9.47 Å². The molecule has 4 fully saturated rings. The van der Waals surface area contributed by atoms with Crippen molar-refractivity contribution in [2.75, 3.05) is 52.6 Å². The van der Waals surface area contributed by atoms with Gasteiger partial charge in [0.05, 0.1) is 17.8 Å². The van der Waals surface area contributed by atoms with E-state index in [1.807, 2.05) is 37.3 Å². The summed E-state index contributed by atoms with van der Waals surface area (Å²) in [5.41, 5.74) is 3.35. The van der Waals surface area contributed by atoms with Crippen LogP contribution in [0.5, 0.6) is 0 Å². The van der Waals surface area contributed by atoms with E-state index in [1.165, 1.54) is 11.1 Å². The number of halogens is 1. The highest BCUT2D eigenvalue weighted by molar-refractivity contribution is 6.20. The van der Waals surface area contributed by atoms with Gasteiger partial charge in [-0.15, -0.1) is 11.6 Å². The largest absolute Gasteiger partial charge is 0.381 e. The summed E-state index contributed by atoms with van der Waals surface area (Å²) in [6, 6.07) is 21.0. The Bertz CT molecular complexity index is 2460. The molecule has 4 aliphatic rings. The van der Waals surface area contributed by atoms with Crippen LogP contribution in [0.1, 0.15) is 130 Å². The lowest BCUT2D eigenvalue weighted by molar-refractivity contribution is 0.0831. The summed E-state index contributed by atoms with van der Waals surface area (Å²) in [4.78, 5) is 42.7. The van der Waals surface area contributed by atoms with Crippen molar-refractivity contribution in [3.63, 3.8) is 0 Å². The number of alkyl halides is 1. The minimum atomic E-state index is -0.104. The lowest BCUT2D eigenvalue weighted by Crippen LogP contribution is -2.26. The van der Waals surface area contributed by atoms with Crippen molar-refractivity contribution < 1.29 is 9.47 Å². The Morgan fingerprint density at radius 2 is 1.15 bits per heavy atom. The van der Waals surface area contributed by atoms with Crippen molar-refractivity contribution in [2.45, 2.75) is 95.9 Å². The third-order valence-electron chi connectivity index (χ3n) is 13.0. The van der Waals surface area contributed by atoms with Crippen LogP contribution in [0.15, 0.2) is 82.6 Å². The highest BCUT2D eigenvalue weighted by Gasteiger charge is 2.36. The summed E-state index contributed by atoms with van der Waals surface area (Å²) in [7, 11) is 0. The second-order valence-electron chi connectivity index (χ2n) is 17.2. The number of aromatic nitrogens is 8. The molecule has 3 N–H and O–H groups in total. The molecule has 4 aromatic heterocycles. The zero-order chi connectivity index (χ0) is 42.5. The Kier molecular flexibility index (Phi) is 15.1. The van der Waals surface area contributed by atoms with Gasteiger partial charge in [-0.2, -0.15) is 10.2 Å². The van der Waals surface area contributed by atoms with E-state index < -0.39 is 0 Å². The van der Waals surface area contributed by atoms with Gasteiger partial charge in [-0.1, -0.05) is 81.9 Å². The van der Waals surface area contributed by atoms with E-state index in [9.17, 15) is 9.59 Å². The third kappa shape index (κ3) is 10.0. The van der Waals surface area contributed by atoms with Crippen LogP contribution < -0.4 is 16.4 Å². The molecule has 10 rings (SSSR count). The molecule has 2 aromatic carbocycles. The van der Waals surface area contributed by atoms with Crippen molar-refractivity contribution in [3.8, 4) is 0 Å². The number of H-pyrrole nitrogens is 2. The highest BCUT2D eigenvalue weighted by atomic mass is 35.5. The number of nitrogens with zero attached hydrogens (tertiary/aromatic N) is 7. The van der Waals surface area contributed by atoms with Crippen molar-refractivity contribution >= 4 is 22.6 Å². The second-order valence-corrected chi connectivity index (χ2v) is 17.8. The van der Waals surface area contributed by atoms with Gasteiger partial charge in [0.25, 0.3) is 11.1 Å². The number of nitrogens with one attached hydrogen (secondary N) is 3. The van der Waals surface area contributed by atoms with Crippen LogP contribution in [0.25, 0.3) is 11.0 Å². The molecule has 4 saturated heterocycles. The van der Waals surface area contributed by atoms with E-state index in [0.717, 1.165) is 102 Å². The molecule has 0 saturated carbocycles. The third-order valence-corrected chi connectivity index (χ3v) is 13.3. The first kappa shape index (κ1) is 45.3. The maximum Gasteiger partial charge on any atom is 0.276 e. The molecule has 0 spiro atoms. The summed E-state index contributed by atoms with van der Waals surface area (Å²) < 4.78 is 14.5. The van der Waals surface area contributed by atoms with Crippen molar-refractivity contribution in [2.24, 2.45) is 11.8 Å². The number of ether oxygens (including phenoxy) is 2. The Labute approximate surface area is 368 Å². The molecule has 332 valence electrons. The van der Waals surface area contributed by atoms with Gasteiger partial charge in [-0.3, -0.25) is 14.5 Å². The standard InChI is InChI=1S/C23H29N5O2.C15H21N5O2.C8H9Cl.CH4/c1-15-13-27(16(2)17-6-4-3-5-7-17)14-19(15)21-25-23(29)20-12-24-22(28(20)26-21)18-8-10-30-11-9-18;1-9-6-16-7-11(9)13-18-15(21)12-8-17-14(20(12)19-13)10-2-4-22-5-3-10;1-7(9)8-5-3-2-4-6-8;/h3-7,12,15-16,18-19H,8-11,13-14H2,1-2H3,(H,25,26,29);8-11,16H,2-7H2,1H3,(H,18,19,21);2-7H,1H3;1H4/t15?,16-,19?;;7-;/m0.0./s1. The molecule has 4 unspecified atom stereocenters. The van der Waals surface area contributed by atoms with Crippen LogP contribution >= 0.6 is 11.6 Å². The number of hydrogen-bond acceptors (Lipinski definition) is 10. The van der Waals surface area contributed by atoms with Gasteiger partial charge in [-0.05, 0) is 69.0 Å². The molecule has 15 heteroatoms. The van der Waals surface area contributed by atoms with Gasteiger partial charge in [-0.25, -0.2) is 19.0 Å². The van der Waals surface area contributed by atoms with Crippen LogP contribution in [0.2, 0.25) is 0 Å². The highest BCUT2D eigenvalue weighted by Crippen LogP contribution is 2.36. The molecule has 0 amide bonds. The summed E-state index contributed by atoms with van der Waals surface area (Å²) in [6.45, 7) is 15.3. The average Bonchev–Trinajstić information content (AvgIpc) is 4.11. The topological polar surface area (TPSA) is 160 Å². The Hall–Kier alpha value is -4.73. The van der Waals surface area contributed by atoms with E-state index in [4.69, 9.17) is 31.3 Å². The van der Waals surface area contributed by atoms with E-state index >= 15 is 0 Å². The zero-order valence-electron chi connectivity index (χ0n) is 35.7. The molecule has 4 aliphatic heterocycles. The summed E-state index contributed by atoms with van der Waals surface area (Å²) in [6.07, 6.45) is 7.00. The Morgan fingerprint density at radius 3 is 1.60 bits per heavy atom. The molecule has 0 radical (unpaired) electrons. The van der Waals surface area contributed by atoms with Gasteiger partial charge >= 0.3 is 0 Å². The molecule has 8 heterocycles. The van der Waals surface area contributed by atoms with Crippen LogP contribution in [0.3, 0.4) is 0 Å². The van der Waals surface area contributed by atoms with Gasteiger partial charge in [0.2, 0.25) is 0 Å². The Morgan fingerprint density at radius 1 is 0.661 bits per heavy atom. The number of rotatable bonds is 7. The first-order valence-electron chi connectivity index (χ1n) is 22.0. The zero-order valence-corrected chi connectivity index (χ0v) is 36.4. The quantitative estimate of drug-likeness (QED) is 0.138. The van der Waals surface area contributed by atoms with Crippen LogP contribution in [0.4, 0.5) is 0 Å². The normalized spacial score (nSPS) is 23.2. The van der Waals surface area contributed by atoms with Crippen molar-refractivity contribution in [1.29, 1.82) is 0 Å². The second kappa shape index (κ2) is 20.6. The molecule has 14 nitrogen and oxygen atoms in total. The Balaban J connectivity index is 0.000000158. The molecule has 6 atom stereocenters. The summed E-state index contributed by atoms with van der Waals surface area (Å²) in [5, 5.41) is 13.1. The van der Waals surface area contributed by atoms with Gasteiger partial charge in [0.15, 0.2) is 11.0 Å². The van der Waals surface area contributed by atoms with E-state index in [1.54, 1.807) is 21.4 Å². The van der Waals surface area contributed by atoms with Crippen LogP contribution in [-0.4, -0.2) is 96.7 Å². The fraction of sp³-hybridized carbons (Fsp3) is 0.532. The SMILES string of the molecule is C.CC1CN([C@@H](C)c2ccccc2)CC1c1nn2c(C3CCOCC3)ncc2c(=O)[nH]1.CC1CNCC1c1nn2c(C3CCOCC3)ncc2c(=O)[nH]1.C[C@H](Cl)c1ccccc1. The van der Waals surface area contributed by atoms with Crippen LogP contribution in [0, 0.1) is 11.8 Å². The van der Waals surface area contributed by atoms with E-state index in [-0.39, 0.29) is 35.8 Å². The maximum atomic E-state index is 12.8. The molecule has 0 aliphatic carbocycles. The summed E-state index contributed by atoms with van der Waals surface area (Å²) >= 11 is 5.80. The lowest BCUT2D eigenvalue weighted by atomic mass is 9.97. The van der Waals surface area contributed by atoms with Gasteiger partial charge in [0, 0.05) is 75.8 Å². The number of fused-ring (bicyclic) bond motifs is 2. The number of likely N-dealkylation sites (tertiary alicyclic amines) is 1. The van der Waals surface area contributed by atoms with Crippen molar-refractivity contribution in [1.82, 2.24) is 49.4 Å². The monoisotopic (exact) mass is 866 g/mol. The number of aromatic amines is 2. The number of benzene rings is 2. The fourth-order valence-electron chi connectivity index (χ4n) is 9.18. The maximum absolute atomic E-state index is 12.8. The molecule has 6 aromatic rings. The molecule has 0 bridgehead atoms. The van der Waals surface area contributed by atoms with E-state index in [2.05, 4.69) is 81.3 Å². The van der Waals surface area contributed by atoms with Gasteiger partial charge in [0.1, 0.15) is 23.3 Å².